The lowest BCUT2D eigenvalue weighted by Crippen LogP contribution is -2.48. The lowest BCUT2D eigenvalue weighted by molar-refractivity contribution is 0.0620. The smallest absolute Gasteiger partial charge is 0.274 e. The van der Waals surface area contributed by atoms with Crippen molar-refractivity contribution < 1.29 is 18.3 Å². The van der Waals surface area contributed by atoms with Crippen LogP contribution in [-0.2, 0) is 13.3 Å². The van der Waals surface area contributed by atoms with Gasteiger partial charge in [0.05, 0.1) is 0 Å². The van der Waals surface area contributed by atoms with Crippen molar-refractivity contribution in [2.75, 3.05) is 26.2 Å². The van der Waals surface area contributed by atoms with E-state index in [1.165, 1.54) is 10.7 Å². The number of carbonyl (C=O) groups is 1. The summed E-state index contributed by atoms with van der Waals surface area (Å²) in [5, 5.41) is 5.44. The summed E-state index contributed by atoms with van der Waals surface area (Å²) in [6, 6.07) is 10.1. The summed E-state index contributed by atoms with van der Waals surface area (Å²) >= 11 is 12.2. The van der Waals surface area contributed by atoms with Crippen molar-refractivity contribution in [1.82, 2.24) is 19.6 Å². The maximum absolute atomic E-state index is 13.7. The molecular formula is C22H20Cl2F2N4O2. The average molecular weight is 481 g/mol. The van der Waals surface area contributed by atoms with Gasteiger partial charge in [0.15, 0.2) is 24.0 Å². The summed E-state index contributed by atoms with van der Waals surface area (Å²) in [5.41, 5.74) is 1.27. The fourth-order valence-electron chi connectivity index (χ4n) is 3.44. The highest BCUT2D eigenvalue weighted by Gasteiger charge is 2.24. The first kappa shape index (κ1) is 22.5. The highest BCUT2D eigenvalue weighted by Crippen LogP contribution is 2.23. The molecule has 0 unspecified atom stereocenters. The summed E-state index contributed by atoms with van der Waals surface area (Å²) in [6.07, 6.45) is 1.58. The second kappa shape index (κ2) is 9.85. The van der Waals surface area contributed by atoms with E-state index in [1.807, 2.05) is 12.1 Å². The average Bonchev–Trinajstić information content (AvgIpc) is 3.24. The highest BCUT2D eigenvalue weighted by molar-refractivity contribution is 6.35. The number of rotatable bonds is 6. The molecule has 168 valence electrons. The van der Waals surface area contributed by atoms with Gasteiger partial charge in [-0.25, -0.2) is 13.5 Å². The standard InChI is InChI=1S/C22H20Cl2F2N4O2/c23-16-2-1-15(18(24)11-16)13-28-7-9-29(10-8-28)22(31)20-5-6-30(27-20)14-32-21-4-3-17(25)12-19(21)26/h1-6,11-12H,7-10,13-14H2. The molecule has 32 heavy (non-hydrogen) atoms. The van der Waals surface area contributed by atoms with E-state index in [1.54, 1.807) is 23.2 Å². The van der Waals surface area contributed by atoms with Crippen LogP contribution in [0.5, 0.6) is 5.75 Å². The molecule has 10 heteroatoms. The number of carbonyl (C=O) groups excluding carboxylic acids is 1. The van der Waals surface area contributed by atoms with Crippen molar-refractivity contribution in [3.05, 3.63) is 81.6 Å². The zero-order valence-corrected chi connectivity index (χ0v) is 18.5. The summed E-state index contributed by atoms with van der Waals surface area (Å²) in [7, 11) is 0. The number of hydrogen-bond donors (Lipinski definition) is 0. The normalized spacial score (nSPS) is 14.6. The SMILES string of the molecule is O=C(c1ccn(COc2ccc(F)cc2F)n1)N1CCN(Cc2ccc(Cl)cc2Cl)CC1. The van der Waals surface area contributed by atoms with Crippen LogP contribution < -0.4 is 4.74 Å². The van der Waals surface area contributed by atoms with Crippen LogP contribution in [0.15, 0.2) is 48.7 Å². The fourth-order valence-corrected chi connectivity index (χ4v) is 3.91. The predicted octanol–water partition coefficient (Wildman–Crippen LogP) is 4.46. The molecule has 0 spiro atoms. The van der Waals surface area contributed by atoms with Crippen LogP contribution >= 0.6 is 23.2 Å². The fraction of sp³-hybridized carbons (Fsp3) is 0.273. The van der Waals surface area contributed by atoms with Gasteiger partial charge < -0.3 is 9.64 Å². The van der Waals surface area contributed by atoms with Crippen molar-refractivity contribution in [2.24, 2.45) is 0 Å². The van der Waals surface area contributed by atoms with Crippen LogP contribution in [-0.4, -0.2) is 51.7 Å². The van der Waals surface area contributed by atoms with Gasteiger partial charge in [0.25, 0.3) is 5.91 Å². The zero-order valence-electron chi connectivity index (χ0n) is 17.0. The molecule has 3 aromatic rings. The van der Waals surface area contributed by atoms with E-state index in [2.05, 4.69) is 10.00 Å². The molecule has 1 amide bonds. The Morgan fingerprint density at radius 3 is 2.53 bits per heavy atom. The minimum absolute atomic E-state index is 0.0910. The first-order valence-corrected chi connectivity index (χ1v) is 10.7. The molecule has 1 aliphatic heterocycles. The Morgan fingerprint density at radius 2 is 1.81 bits per heavy atom. The molecule has 2 aromatic carbocycles. The third-order valence-electron chi connectivity index (χ3n) is 5.17. The lowest BCUT2D eigenvalue weighted by atomic mass is 10.2. The van der Waals surface area contributed by atoms with Crippen molar-refractivity contribution in [2.45, 2.75) is 13.3 Å². The summed E-state index contributed by atoms with van der Waals surface area (Å²) in [5.74, 6) is -1.75. The number of ether oxygens (including phenoxy) is 1. The van der Waals surface area contributed by atoms with Crippen LogP contribution in [0.4, 0.5) is 8.78 Å². The molecule has 0 radical (unpaired) electrons. The van der Waals surface area contributed by atoms with E-state index in [-0.39, 0.29) is 24.1 Å². The van der Waals surface area contributed by atoms with Crippen LogP contribution in [0.3, 0.4) is 0 Å². The molecule has 1 saturated heterocycles. The number of aromatic nitrogens is 2. The van der Waals surface area contributed by atoms with Crippen LogP contribution in [0, 0.1) is 11.6 Å². The minimum atomic E-state index is -0.800. The van der Waals surface area contributed by atoms with E-state index >= 15 is 0 Å². The van der Waals surface area contributed by atoms with Crippen molar-refractivity contribution in [1.29, 1.82) is 0 Å². The van der Waals surface area contributed by atoms with E-state index in [0.29, 0.717) is 42.8 Å². The maximum Gasteiger partial charge on any atom is 0.274 e. The molecule has 1 aliphatic rings. The molecular weight excluding hydrogens is 461 g/mol. The number of amides is 1. The Balaban J connectivity index is 1.29. The van der Waals surface area contributed by atoms with Gasteiger partial charge in [-0.15, -0.1) is 0 Å². The molecule has 0 saturated carbocycles. The Kier molecular flexibility index (Phi) is 6.93. The van der Waals surface area contributed by atoms with Gasteiger partial charge in [-0.05, 0) is 35.9 Å². The second-order valence-corrected chi connectivity index (χ2v) is 8.24. The molecule has 0 atom stereocenters. The van der Waals surface area contributed by atoms with E-state index in [4.69, 9.17) is 27.9 Å². The lowest BCUT2D eigenvalue weighted by Gasteiger charge is -2.34. The zero-order chi connectivity index (χ0) is 22.7. The number of nitrogens with zero attached hydrogens (tertiary/aromatic N) is 4. The number of hydrogen-bond acceptors (Lipinski definition) is 4. The maximum atomic E-state index is 13.7. The quantitative estimate of drug-likeness (QED) is 0.522. The molecule has 1 aromatic heterocycles. The van der Waals surface area contributed by atoms with Crippen molar-refractivity contribution in [3.8, 4) is 5.75 Å². The molecule has 0 bridgehead atoms. The van der Waals surface area contributed by atoms with Crippen LogP contribution in [0.2, 0.25) is 10.0 Å². The topological polar surface area (TPSA) is 50.6 Å². The van der Waals surface area contributed by atoms with Gasteiger partial charge in [0.2, 0.25) is 0 Å². The van der Waals surface area contributed by atoms with Crippen molar-refractivity contribution >= 4 is 29.1 Å². The van der Waals surface area contributed by atoms with Gasteiger partial charge in [-0.2, -0.15) is 5.10 Å². The number of benzene rings is 2. The van der Waals surface area contributed by atoms with Gasteiger partial charge in [0, 0.05) is 55.0 Å². The summed E-state index contributed by atoms with van der Waals surface area (Å²) < 4.78 is 33.3. The number of halogens is 4. The molecule has 2 heterocycles. The van der Waals surface area contributed by atoms with Crippen molar-refractivity contribution in [3.63, 3.8) is 0 Å². The summed E-state index contributed by atoms with van der Waals surface area (Å²) in [4.78, 5) is 16.8. The predicted molar refractivity (Wildman–Crippen MR) is 117 cm³/mol. The highest BCUT2D eigenvalue weighted by atomic mass is 35.5. The first-order chi connectivity index (χ1) is 15.4. The van der Waals surface area contributed by atoms with Crippen LogP contribution in [0.1, 0.15) is 16.1 Å². The Morgan fingerprint density at radius 1 is 1.03 bits per heavy atom. The van der Waals surface area contributed by atoms with Gasteiger partial charge in [-0.1, -0.05) is 29.3 Å². The Labute approximate surface area is 193 Å². The summed E-state index contributed by atoms with van der Waals surface area (Å²) in [6.45, 7) is 3.12. The van der Waals surface area contributed by atoms with Crippen LogP contribution in [0.25, 0.3) is 0 Å². The Hall–Kier alpha value is -2.68. The third kappa shape index (κ3) is 5.38. The van der Waals surface area contributed by atoms with E-state index in [9.17, 15) is 13.6 Å². The molecule has 0 aliphatic carbocycles. The monoisotopic (exact) mass is 480 g/mol. The van der Waals surface area contributed by atoms with Gasteiger partial charge in [-0.3, -0.25) is 9.69 Å². The largest absolute Gasteiger partial charge is 0.468 e. The van der Waals surface area contributed by atoms with E-state index < -0.39 is 11.6 Å². The second-order valence-electron chi connectivity index (χ2n) is 7.39. The number of piperazine rings is 1. The molecule has 1 fully saturated rings. The molecule has 4 rings (SSSR count). The van der Waals surface area contributed by atoms with Gasteiger partial charge in [0.1, 0.15) is 5.82 Å². The minimum Gasteiger partial charge on any atom is -0.468 e. The Bertz CT molecular complexity index is 1120. The molecule has 6 nitrogen and oxygen atoms in total. The van der Waals surface area contributed by atoms with E-state index in [0.717, 1.165) is 17.7 Å². The van der Waals surface area contributed by atoms with Gasteiger partial charge >= 0.3 is 0 Å². The third-order valence-corrected chi connectivity index (χ3v) is 5.76. The first-order valence-electron chi connectivity index (χ1n) is 9.96. The molecule has 0 N–H and O–H groups in total.